The number of ether oxygens (including phenoxy) is 2. The number of hydrogen-bond acceptors (Lipinski definition) is 4. The Morgan fingerprint density at radius 2 is 1.68 bits per heavy atom. The van der Waals surface area contributed by atoms with Gasteiger partial charge in [-0.3, -0.25) is 4.79 Å². The fourth-order valence-corrected chi connectivity index (χ4v) is 3.08. The van der Waals surface area contributed by atoms with Crippen molar-refractivity contribution in [2.45, 2.75) is 39.2 Å². The average molecular weight is 388 g/mol. The first-order chi connectivity index (χ1) is 11.6. The van der Waals surface area contributed by atoms with Crippen LogP contribution in [0.15, 0.2) is 12.1 Å². The number of nitrogens with zero attached hydrogens (tertiary/aromatic N) is 1. The third kappa shape index (κ3) is 5.02. The maximum Gasteiger partial charge on any atom is 0.410 e. The van der Waals surface area contributed by atoms with Crippen molar-refractivity contribution in [2.75, 3.05) is 20.2 Å². The van der Waals surface area contributed by atoms with E-state index in [4.69, 9.17) is 32.7 Å². The lowest BCUT2D eigenvalue weighted by molar-refractivity contribution is 0.0182. The van der Waals surface area contributed by atoms with Gasteiger partial charge in [-0.1, -0.05) is 23.2 Å². The molecule has 1 heterocycles. The summed E-state index contributed by atoms with van der Waals surface area (Å²) >= 11 is 12.0. The van der Waals surface area contributed by atoms with Crippen LogP contribution in [0.1, 0.15) is 44.0 Å². The number of methoxy groups -OCH3 is 1. The Hall–Kier alpha value is -1.46. The normalized spacial score (nSPS) is 15.8. The number of piperidine rings is 1. The maximum absolute atomic E-state index is 12.8. The molecule has 5 nitrogen and oxygen atoms in total. The Morgan fingerprint density at radius 1 is 1.12 bits per heavy atom. The van der Waals surface area contributed by atoms with Crippen LogP contribution in [0.2, 0.25) is 10.0 Å². The lowest BCUT2D eigenvalue weighted by Crippen LogP contribution is -2.43. The highest BCUT2D eigenvalue weighted by molar-refractivity contribution is 6.42. The van der Waals surface area contributed by atoms with E-state index in [1.54, 1.807) is 17.0 Å². The Labute approximate surface area is 158 Å². The predicted octanol–water partition coefficient (Wildman–Crippen LogP) is 4.83. The van der Waals surface area contributed by atoms with E-state index in [9.17, 15) is 9.59 Å². The van der Waals surface area contributed by atoms with E-state index in [1.807, 2.05) is 20.8 Å². The SMILES string of the molecule is COc1cc(Cl)c(Cl)cc1C(=O)C1CCN(C(=O)OC(C)(C)C)CC1. The van der Waals surface area contributed by atoms with Gasteiger partial charge in [-0.15, -0.1) is 0 Å². The number of carbonyl (C=O) groups excluding carboxylic acids is 2. The van der Waals surface area contributed by atoms with Crippen LogP contribution < -0.4 is 4.74 Å². The second-order valence-electron chi connectivity index (χ2n) is 7.07. The molecule has 1 aromatic rings. The van der Waals surface area contributed by atoms with Crippen LogP contribution in [0.4, 0.5) is 4.79 Å². The number of benzene rings is 1. The molecule has 138 valence electrons. The van der Waals surface area contributed by atoms with Gasteiger partial charge in [0.05, 0.1) is 22.7 Å². The van der Waals surface area contributed by atoms with Gasteiger partial charge in [0, 0.05) is 25.1 Å². The topological polar surface area (TPSA) is 55.8 Å². The molecule has 0 aromatic heterocycles. The highest BCUT2D eigenvalue weighted by Crippen LogP contribution is 2.33. The monoisotopic (exact) mass is 387 g/mol. The molecule has 2 rings (SSSR count). The quantitative estimate of drug-likeness (QED) is 0.696. The van der Waals surface area contributed by atoms with E-state index in [2.05, 4.69) is 0 Å². The summed E-state index contributed by atoms with van der Waals surface area (Å²) in [6.45, 7) is 6.46. The molecule has 0 saturated carbocycles. The molecule has 0 bridgehead atoms. The van der Waals surface area contributed by atoms with Gasteiger partial charge < -0.3 is 14.4 Å². The lowest BCUT2D eigenvalue weighted by atomic mass is 9.88. The van der Waals surface area contributed by atoms with Crippen LogP contribution in [-0.2, 0) is 4.74 Å². The van der Waals surface area contributed by atoms with Gasteiger partial charge in [0.25, 0.3) is 0 Å². The molecule has 0 atom stereocenters. The van der Waals surface area contributed by atoms with Crippen molar-refractivity contribution < 1.29 is 19.1 Å². The Bertz CT molecular complexity index is 662. The van der Waals surface area contributed by atoms with Gasteiger partial charge >= 0.3 is 6.09 Å². The molecule has 1 aromatic carbocycles. The molecule has 1 amide bonds. The largest absolute Gasteiger partial charge is 0.496 e. The van der Waals surface area contributed by atoms with Gasteiger partial charge in [-0.2, -0.15) is 0 Å². The third-order valence-electron chi connectivity index (χ3n) is 4.03. The summed E-state index contributed by atoms with van der Waals surface area (Å²) in [6, 6.07) is 3.10. The average Bonchev–Trinajstić information content (AvgIpc) is 2.55. The molecule has 1 fully saturated rings. The van der Waals surface area contributed by atoms with E-state index in [0.29, 0.717) is 47.3 Å². The number of rotatable bonds is 3. The van der Waals surface area contributed by atoms with Gasteiger partial charge in [0.1, 0.15) is 11.4 Å². The van der Waals surface area contributed by atoms with E-state index < -0.39 is 5.60 Å². The highest BCUT2D eigenvalue weighted by Gasteiger charge is 2.31. The third-order valence-corrected chi connectivity index (χ3v) is 4.75. The predicted molar refractivity (Wildman–Crippen MR) is 97.9 cm³/mol. The zero-order chi connectivity index (χ0) is 18.8. The number of amides is 1. The van der Waals surface area contributed by atoms with Crippen LogP contribution in [-0.4, -0.2) is 42.6 Å². The zero-order valence-corrected chi connectivity index (χ0v) is 16.4. The van der Waals surface area contributed by atoms with Crippen molar-refractivity contribution in [3.63, 3.8) is 0 Å². The van der Waals surface area contributed by atoms with E-state index in [0.717, 1.165) is 0 Å². The summed E-state index contributed by atoms with van der Waals surface area (Å²) in [5, 5.41) is 0.659. The smallest absolute Gasteiger partial charge is 0.410 e. The minimum atomic E-state index is -0.531. The van der Waals surface area contributed by atoms with Crippen molar-refractivity contribution in [3.05, 3.63) is 27.7 Å². The van der Waals surface area contributed by atoms with Gasteiger partial charge in [0.2, 0.25) is 0 Å². The Balaban J connectivity index is 2.05. The number of hydrogen-bond donors (Lipinski definition) is 0. The number of ketones is 1. The Kier molecular flexibility index (Phi) is 6.22. The molecule has 0 unspecified atom stereocenters. The second kappa shape index (κ2) is 7.83. The molecule has 0 spiro atoms. The fourth-order valence-electron chi connectivity index (χ4n) is 2.76. The first-order valence-corrected chi connectivity index (χ1v) is 8.93. The summed E-state index contributed by atoms with van der Waals surface area (Å²) in [5.74, 6) is 0.179. The molecule has 25 heavy (non-hydrogen) atoms. The molecular weight excluding hydrogens is 365 g/mol. The number of halogens is 2. The van der Waals surface area contributed by atoms with Crippen LogP contribution in [0.5, 0.6) is 5.75 Å². The zero-order valence-electron chi connectivity index (χ0n) is 14.9. The van der Waals surface area contributed by atoms with Crippen molar-refractivity contribution in [1.82, 2.24) is 4.90 Å². The van der Waals surface area contributed by atoms with Crippen molar-refractivity contribution in [1.29, 1.82) is 0 Å². The highest BCUT2D eigenvalue weighted by atomic mass is 35.5. The van der Waals surface area contributed by atoms with Crippen LogP contribution in [0.3, 0.4) is 0 Å². The molecule has 1 aliphatic rings. The number of Topliss-reactive ketones (excluding diaryl/α,β-unsaturated/α-hetero) is 1. The first kappa shape index (κ1) is 19.9. The summed E-state index contributed by atoms with van der Waals surface area (Å²) in [5.41, 5.74) is -0.107. The van der Waals surface area contributed by atoms with E-state index in [1.165, 1.54) is 7.11 Å². The van der Waals surface area contributed by atoms with Crippen LogP contribution >= 0.6 is 23.2 Å². The fraction of sp³-hybridized carbons (Fsp3) is 0.556. The Morgan fingerprint density at radius 3 is 2.20 bits per heavy atom. The molecule has 0 aliphatic carbocycles. The molecule has 0 radical (unpaired) electrons. The molecule has 0 N–H and O–H groups in total. The minimum Gasteiger partial charge on any atom is -0.496 e. The van der Waals surface area contributed by atoms with Crippen LogP contribution in [0, 0.1) is 5.92 Å². The second-order valence-corrected chi connectivity index (χ2v) is 7.89. The summed E-state index contributed by atoms with van der Waals surface area (Å²) in [7, 11) is 1.49. The molecule has 1 saturated heterocycles. The minimum absolute atomic E-state index is 0.0424. The lowest BCUT2D eigenvalue weighted by Gasteiger charge is -2.33. The van der Waals surface area contributed by atoms with Gasteiger partial charge in [-0.05, 0) is 39.7 Å². The van der Waals surface area contributed by atoms with E-state index >= 15 is 0 Å². The molecule has 1 aliphatic heterocycles. The molecular formula is C18H23Cl2NO4. The van der Waals surface area contributed by atoms with Crippen molar-refractivity contribution in [3.8, 4) is 5.75 Å². The standard InChI is InChI=1S/C18H23Cl2NO4/c1-18(2,3)25-17(23)21-7-5-11(6-8-21)16(22)12-9-13(19)14(20)10-15(12)24-4/h9-11H,5-8H2,1-4H3. The molecule has 7 heteroatoms. The first-order valence-electron chi connectivity index (χ1n) is 8.17. The summed E-state index contributed by atoms with van der Waals surface area (Å²) in [6.07, 6.45) is 0.800. The summed E-state index contributed by atoms with van der Waals surface area (Å²) in [4.78, 5) is 26.6. The number of likely N-dealkylation sites (tertiary alicyclic amines) is 1. The van der Waals surface area contributed by atoms with Gasteiger partial charge in [0.15, 0.2) is 5.78 Å². The summed E-state index contributed by atoms with van der Waals surface area (Å²) < 4.78 is 10.6. The van der Waals surface area contributed by atoms with Crippen molar-refractivity contribution in [2.24, 2.45) is 5.92 Å². The number of carbonyl (C=O) groups is 2. The van der Waals surface area contributed by atoms with Crippen LogP contribution in [0.25, 0.3) is 0 Å². The van der Waals surface area contributed by atoms with Crippen molar-refractivity contribution >= 4 is 35.1 Å². The van der Waals surface area contributed by atoms with E-state index in [-0.39, 0.29) is 17.8 Å². The maximum atomic E-state index is 12.8. The van der Waals surface area contributed by atoms with Gasteiger partial charge in [-0.25, -0.2) is 4.79 Å².